The van der Waals surface area contributed by atoms with Gasteiger partial charge >= 0.3 is 0 Å². The van der Waals surface area contributed by atoms with Crippen LogP contribution in [0, 0.1) is 12.8 Å². The average molecular weight is 287 g/mol. The fraction of sp³-hybridized carbons (Fsp3) is 0.667. The molecule has 0 aromatic carbocycles. The van der Waals surface area contributed by atoms with E-state index in [9.17, 15) is 0 Å². The molecule has 3 aliphatic rings. The number of ether oxygens (including phenoxy) is 1. The lowest BCUT2D eigenvalue weighted by Gasteiger charge is -2.43. The quantitative estimate of drug-likeness (QED) is 0.861. The molecule has 0 radical (unpaired) electrons. The summed E-state index contributed by atoms with van der Waals surface area (Å²) in [4.78, 5) is 4.67. The molecule has 3 fully saturated rings. The van der Waals surface area contributed by atoms with Crippen LogP contribution in [0.25, 0.3) is 0 Å². The van der Waals surface area contributed by atoms with Gasteiger partial charge in [0.05, 0.1) is 23.3 Å². The van der Waals surface area contributed by atoms with E-state index in [4.69, 9.17) is 13.8 Å². The predicted molar refractivity (Wildman–Crippen MR) is 70.7 cm³/mol. The van der Waals surface area contributed by atoms with Gasteiger partial charge in [-0.25, -0.2) is 0 Å². The van der Waals surface area contributed by atoms with Crippen molar-refractivity contribution in [3.63, 3.8) is 0 Å². The summed E-state index contributed by atoms with van der Waals surface area (Å²) in [5.41, 5.74) is 1.89. The van der Waals surface area contributed by atoms with Crippen molar-refractivity contribution in [1.29, 1.82) is 0 Å². The highest BCUT2D eigenvalue weighted by Crippen LogP contribution is 2.71. The zero-order chi connectivity index (χ0) is 14.1. The summed E-state index contributed by atoms with van der Waals surface area (Å²) >= 11 is 0. The molecule has 5 rings (SSSR count). The van der Waals surface area contributed by atoms with Gasteiger partial charge < -0.3 is 13.8 Å². The van der Waals surface area contributed by atoms with Crippen molar-refractivity contribution in [2.45, 2.75) is 50.0 Å². The number of rotatable bonds is 3. The first-order valence-corrected chi connectivity index (χ1v) is 7.60. The van der Waals surface area contributed by atoms with Crippen LogP contribution >= 0.6 is 0 Å². The highest BCUT2D eigenvalue weighted by atomic mass is 16.5. The molecule has 2 saturated carbocycles. The predicted octanol–water partition coefficient (Wildman–Crippen LogP) is 2.17. The minimum atomic E-state index is -0.00537. The van der Waals surface area contributed by atoms with Gasteiger partial charge in [0.1, 0.15) is 6.26 Å². The Balaban J connectivity index is 1.45. The smallest absolute Gasteiger partial charge is 0.236 e. The highest BCUT2D eigenvalue weighted by molar-refractivity contribution is 5.34. The lowest BCUT2D eigenvalue weighted by Crippen LogP contribution is -2.48. The molecule has 1 saturated heterocycles. The van der Waals surface area contributed by atoms with E-state index in [1.165, 1.54) is 6.42 Å². The maximum absolute atomic E-state index is 6.08. The molecule has 0 N–H and O–H groups in total. The molecule has 0 amide bonds. The Morgan fingerprint density at radius 2 is 2.24 bits per heavy atom. The lowest BCUT2D eigenvalue weighted by atomic mass is 9.68. The van der Waals surface area contributed by atoms with E-state index in [1.54, 1.807) is 6.26 Å². The van der Waals surface area contributed by atoms with Crippen LogP contribution in [-0.2, 0) is 16.6 Å². The monoisotopic (exact) mass is 287 g/mol. The summed E-state index contributed by atoms with van der Waals surface area (Å²) in [7, 11) is 0. The normalized spacial score (nSPS) is 32.1. The van der Waals surface area contributed by atoms with Gasteiger partial charge in [-0.1, -0.05) is 10.3 Å². The van der Waals surface area contributed by atoms with Gasteiger partial charge in [0.2, 0.25) is 5.89 Å². The Morgan fingerprint density at radius 3 is 2.90 bits per heavy atom. The number of aromatic nitrogens is 3. The second kappa shape index (κ2) is 3.74. The van der Waals surface area contributed by atoms with Crippen molar-refractivity contribution in [1.82, 2.24) is 15.3 Å². The first-order chi connectivity index (χ1) is 10.2. The van der Waals surface area contributed by atoms with Crippen molar-refractivity contribution < 1.29 is 13.8 Å². The van der Waals surface area contributed by atoms with E-state index in [1.807, 2.05) is 6.92 Å². The fourth-order valence-electron chi connectivity index (χ4n) is 4.18. The summed E-state index contributed by atoms with van der Waals surface area (Å²) in [6, 6.07) is 0. The Kier molecular flexibility index (Phi) is 2.12. The van der Waals surface area contributed by atoms with Crippen molar-refractivity contribution >= 4 is 0 Å². The minimum Gasteiger partial charge on any atom is -0.374 e. The molecule has 2 aromatic rings. The molecule has 110 valence electrons. The minimum absolute atomic E-state index is 0.00537. The summed E-state index contributed by atoms with van der Waals surface area (Å²) in [5, 5.41) is 8.04. The molecule has 1 aliphatic heterocycles. The van der Waals surface area contributed by atoms with Gasteiger partial charge in [0.15, 0.2) is 5.82 Å². The molecule has 0 bridgehead atoms. The van der Waals surface area contributed by atoms with Crippen molar-refractivity contribution in [2.24, 2.45) is 5.92 Å². The fourth-order valence-corrected chi connectivity index (χ4v) is 4.18. The van der Waals surface area contributed by atoms with Crippen molar-refractivity contribution in [3.8, 4) is 0 Å². The van der Waals surface area contributed by atoms with Crippen LogP contribution in [0.5, 0.6) is 0 Å². The molecular formula is C15H17N3O3. The Morgan fingerprint density at radius 1 is 1.33 bits per heavy atom. The van der Waals surface area contributed by atoms with Crippen LogP contribution in [0.2, 0.25) is 0 Å². The maximum Gasteiger partial charge on any atom is 0.236 e. The topological polar surface area (TPSA) is 74.2 Å². The number of hydrogen-bond donors (Lipinski definition) is 0. The molecule has 6 heteroatoms. The molecule has 2 aromatic heterocycles. The van der Waals surface area contributed by atoms with Crippen molar-refractivity contribution in [3.05, 3.63) is 29.2 Å². The molecule has 2 atom stereocenters. The molecule has 2 aliphatic carbocycles. The lowest BCUT2D eigenvalue weighted by molar-refractivity contribution is -0.0960. The molecule has 6 nitrogen and oxygen atoms in total. The van der Waals surface area contributed by atoms with E-state index >= 15 is 0 Å². The Bertz CT molecular complexity index is 703. The van der Waals surface area contributed by atoms with Crippen LogP contribution in [0.1, 0.15) is 48.7 Å². The van der Waals surface area contributed by atoms with Gasteiger partial charge in [-0.2, -0.15) is 4.98 Å². The first-order valence-electron chi connectivity index (χ1n) is 7.60. The van der Waals surface area contributed by atoms with Crippen LogP contribution in [-0.4, -0.2) is 27.5 Å². The highest BCUT2D eigenvalue weighted by Gasteiger charge is 2.77. The summed E-state index contributed by atoms with van der Waals surface area (Å²) in [5.74, 6) is 2.06. The van der Waals surface area contributed by atoms with Gasteiger partial charge in [-0.15, -0.1) is 0 Å². The Labute approximate surface area is 121 Å². The zero-order valence-corrected chi connectivity index (χ0v) is 12.0. The van der Waals surface area contributed by atoms with E-state index in [-0.39, 0.29) is 11.0 Å². The van der Waals surface area contributed by atoms with E-state index < -0.39 is 0 Å². The number of aryl methyl sites for hydroxylation is 1. The Hall–Kier alpha value is -1.69. The summed E-state index contributed by atoms with van der Waals surface area (Å²) in [6.07, 6.45) is 6.90. The van der Waals surface area contributed by atoms with Gasteiger partial charge in [-0.3, -0.25) is 0 Å². The largest absolute Gasteiger partial charge is 0.374 e. The van der Waals surface area contributed by atoms with Gasteiger partial charge in [0, 0.05) is 17.9 Å². The van der Waals surface area contributed by atoms with Crippen LogP contribution in [0.4, 0.5) is 0 Å². The van der Waals surface area contributed by atoms with Gasteiger partial charge in [0.25, 0.3) is 0 Å². The number of nitrogens with zero attached hydrogens (tertiary/aromatic N) is 3. The summed E-state index contributed by atoms with van der Waals surface area (Å²) in [6.45, 7) is 2.77. The third kappa shape index (κ3) is 1.38. The number of hydrogen-bond acceptors (Lipinski definition) is 6. The molecule has 3 heterocycles. The zero-order valence-electron chi connectivity index (χ0n) is 12.0. The number of fused-ring (bicyclic) bond motifs is 2. The third-order valence-corrected chi connectivity index (χ3v) is 5.69. The third-order valence-electron chi connectivity index (χ3n) is 5.69. The van der Waals surface area contributed by atoms with E-state index in [2.05, 4.69) is 15.3 Å². The molecular weight excluding hydrogens is 270 g/mol. The maximum atomic E-state index is 6.08. The second-order valence-electron chi connectivity index (χ2n) is 6.65. The molecule has 0 unspecified atom stereocenters. The standard InChI is InChI=1S/C15H17N3O3/c1-9-10(7-20-17-9)5-12-16-13(21-18-12)15-6-11(15)8-19-14(15)3-2-4-14/h7,11H,2-6,8H2,1H3/t11-,15-/m0/s1. The van der Waals surface area contributed by atoms with Crippen LogP contribution < -0.4 is 0 Å². The molecule has 21 heavy (non-hydrogen) atoms. The van der Waals surface area contributed by atoms with Gasteiger partial charge in [-0.05, 0) is 32.6 Å². The SMILES string of the molecule is Cc1nocc1Cc1noc([C@]23C[C@H]2COC32CCC2)n1. The second-order valence-corrected chi connectivity index (χ2v) is 6.65. The van der Waals surface area contributed by atoms with Crippen LogP contribution in [0.3, 0.4) is 0 Å². The van der Waals surface area contributed by atoms with Crippen molar-refractivity contribution in [2.75, 3.05) is 6.61 Å². The van der Waals surface area contributed by atoms with Crippen LogP contribution in [0.15, 0.2) is 15.3 Å². The summed E-state index contributed by atoms with van der Waals surface area (Å²) < 4.78 is 16.7. The molecule has 1 spiro atoms. The van der Waals surface area contributed by atoms with E-state index in [0.29, 0.717) is 18.2 Å². The first kappa shape index (κ1) is 11.9. The average Bonchev–Trinajstić information content (AvgIpc) is 2.83. The van der Waals surface area contributed by atoms with E-state index in [0.717, 1.165) is 43.0 Å².